The van der Waals surface area contributed by atoms with E-state index >= 15 is 0 Å². The normalized spacial score (nSPS) is 12.2. The molecule has 0 heterocycles. The van der Waals surface area contributed by atoms with E-state index in [1.54, 1.807) is 25.3 Å². The maximum Gasteiger partial charge on any atom is 0.241 e. The Morgan fingerprint density at radius 2 is 1.68 bits per heavy atom. The predicted molar refractivity (Wildman–Crippen MR) is 87.5 cm³/mol. The first kappa shape index (κ1) is 16.5. The SMILES string of the molecule is COc1ccc(C(C)(C)NS(=O)(=O)c2cccc(C)c2)cc1. The number of hydrogen-bond acceptors (Lipinski definition) is 3. The number of methoxy groups -OCH3 is 1. The van der Waals surface area contributed by atoms with Gasteiger partial charge in [0.15, 0.2) is 0 Å². The third-order valence-corrected chi connectivity index (χ3v) is 5.15. The zero-order valence-electron chi connectivity index (χ0n) is 13.3. The molecule has 0 aliphatic carbocycles. The van der Waals surface area contributed by atoms with Gasteiger partial charge in [0.2, 0.25) is 10.0 Å². The Kier molecular flexibility index (Phi) is 4.58. The molecule has 0 aliphatic heterocycles. The van der Waals surface area contributed by atoms with Crippen LogP contribution in [-0.2, 0) is 15.6 Å². The highest BCUT2D eigenvalue weighted by Crippen LogP contribution is 2.25. The van der Waals surface area contributed by atoms with Gasteiger partial charge in [0.25, 0.3) is 0 Å². The third kappa shape index (κ3) is 3.67. The minimum atomic E-state index is -3.59. The lowest BCUT2D eigenvalue weighted by molar-refractivity contribution is 0.413. The Hall–Kier alpha value is -1.85. The van der Waals surface area contributed by atoms with Gasteiger partial charge in [-0.25, -0.2) is 13.1 Å². The van der Waals surface area contributed by atoms with E-state index in [1.807, 2.05) is 51.1 Å². The summed E-state index contributed by atoms with van der Waals surface area (Å²) < 4.78 is 33.0. The van der Waals surface area contributed by atoms with Crippen molar-refractivity contribution in [2.75, 3.05) is 7.11 Å². The minimum Gasteiger partial charge on any atom is -0.497 e. The van der Waals surface area contributed by atoms with Crippen LogP contribution in [0.25, 0.3) is 0 Å². The number of rotatable bonds is 5. The fourth-order valence-electron chi connectivity index (χ4n) is 2.24. The molecule has 5 heteroatoms. The van der Waals surface area contributed by atoms with Crippen LogP contribution in [-0.4, -0.2) is 15.5 Å². The van der Waals surface area contributed by atoms with E-state index < -0.39 is 15.6 Å². The molecule has 0 aliphatic rings. The predicted octanol–water partition coefficient (Wildman–Crippen LogP) is 3.22. The first-order valence-corrected chi connectivity index (χ1v) is 8.48. The molecule has 0 radical (unpaired) electrons. The Balaban J connectivity index is 2.30. The summed E-state index contributed by atoms with van der Waals surface area (Å²) in [4.78, 5) is 0.272. The summed E-state index contributed by atoms with van der Waals surface area (Å²) in [7, 11) is -1.99. The van der Waals surface area contributed by atoms with Crippen LogP contribution in [0.5, 0.6) is 5.75 Å². The molecule has 0 unspecified atom stereocenters. The van der Waals surface area contributed by atoms with Gasteiger partial charge in [0.05, 0.1) is 17.5 Å². The number of nitrogens with one attached hydrogen (secondary N) is 1. The molecular formula is C17H21NO3S. The molecule has 2 aromatic carbocycles. The number of aryl methyl sites for hydroxylation is 1. The Morgan fingerprint density at radius 3 is 2.23 bits per heavy atom. The monoisotopic (exact) mass is 319 g/mol. The summed E-state index contributed by atoms with van der Waals surface area (Å²) >= 11 is 0. The number of ether oxygens (including phenoxy) is 1. The number of benzene rings is 2. The van der Waals surface area contributed by atoms with Crippen molar-refractivity contribution in [3.05, 3.63) is 59.7 Å². The molecule has 0 atom stereocenters. The quantitative estimate of drug-likeness (QED) is 0.920. The highest BCUT2D eigenvalue weighted by Gasteiger charge is 2.28. The van der Waals surface area contributed by atoms with Crippen molar-refractivity contribution in [2.45, 2.75) is 31.2 Å². The van der Waals surface area contributed by atoms with Crippen LogP contribution in [0, 0.1) is 6.92 Å². The molecule has 0 spiro atoms. The average molecular weight is 319 g/mol. The average Bonchev–Trinajstić information content (AvgIpc) is 2.46. The lowest BCUT2D eigenvalue weighted by Gasteiger charge is -2.27. The first-order valence-electron chi connectivity index (χ1n) is 7.00. The second-order valence-electron chi connectivity index (χ2n) is 5.78. The Bertz CT molecular complexity index is 750. The minimum absolute atomic E-state index is 0.272. The van der Waals surface area contributed by atoms with Crippen LogP contribution in [0.3, 0.4) is 0 Å². The highest BCUT2D eigenvalue weighted by molar-refractivity contribution is 7.89. The molecule has 0 bridgehead atoms. The summed E-state index contributed by atoms with van der Waals surface area (Å²) in [6.07, 6.45) is 0. The maximum atomic E-state index is 12.6. The fraction of sp³-hybridized carbons (Fsp3) is 0.294. The standard InChI is InChI=1S/C17H21NO3S/c1-13-6-5-7-16(12-13)22(19,20)18-17(2,3)14-8-10-15(21-4)11-9-14/h5-12,18H,1-4H3. The summed E-state index contributed by atoms with van der Waals surface area (Å²) in [5.74, 6) is 0.737. The molecule has 2 aromatic rings. The first-order chi connectivity index (χ1) is 10.2. The van der Waals surface area contributed by atoms with E-state index in [2.05, 4.69) is 4.72 Å². The summed E-state index contributed by atoms with van der Waals surface area (Å²) in [5.41, 5.74) is 1.05. The van der Waals surface area contributed by atoms with Gasteiger partial charge in [-0.3, -0.25) is 0 Å². The molecule has 0 saturated heterocycles. The van der Waals surface area contributed by atoms with Crippen LogP contribution < -0.4 is 9.46 Å². The Morgan fingerprint density at radius 1 is 1.05 bits per heavy atom. The van der Waals surface area contributed by atoms with Gasteiger partial charge in [-0.1, -0.05) is 24.3 Å². The molecule has 118 valence electrons. The van der Waals surface area contributed by atoms with E-state index in [9.17, 15) is 8.42 Å². The second-order valence-corrected chi connectivity index (χ2v) is 7.46. The van der Waals surface area contributed by atoms with Crippen molar-refractivity contribution in [3.63, 3.8) is 0 Å². The summed E-state index contributed by atoms with van der Waals surface area (Å²) in [5, 5.41) is 0. The van der Waals surface area contributed by atoms with Crippen molar-refractivity contribution in [1.82, 2.24) is 4.72 Å². The van der Waals surface area contributed by atoms with Crippen LogP contribution >= 0.6 is 0 Å². The fourth-order valence-corrected chi connectivity index (χ4v) is 3.75. The molecule has 0 saturated carbocycles. The van der Waals surface area contributed by atoms with Crippen molar-refractivity contribution < 1.29 is 13.2 Å². The molecule has 0 amide bonds. The smallest absolute Gasteiger partial charge is 0.241 e. The highest BCUT2D eigenvalue weighted by atomic mass is 32.2. The molecular weight excluding hydrogens is 298 g/mol. The van der Waals surface area contributed by atoms with E-state index in [-0.39, 0.29) is 4.90 Å². The third-order valence-electron chi connectivity index (χ3n) is 3.50. The van der Waals surface area contributed by atoms with E-state index in [0.29, 0.717) is 0 Å². The topological polar surface area (TPSA) is 55.4 Å². The molecule has 1 N–H and O–H groups in total. The van der Waals surface area contributed by atoms with E-state index in [4.69, 9.17) is 4.74 Å². The van der Waals surface area contributed by atoms with Crippen molar-refractivity contribution in [3.8, 4) is 5.75 Å². The molecule has 0 fully saturated rings. The van der Waals surface area contributed by atoms with Gasteiger partial charge < -0.3 is 4.74 Å². The summed E-state index contributed by atoms with van der Waals surface area (Å²) in [6, 6.07) is 14.2. The molecule has 4 nitrogen and oxygen atoms in total. The van der Waals surface area contributed by atoms with E-state index in [1.165, 1.54) is 0 Å². The molecule has 22 heavy (non-hydrogen) atoms. The van der Waals surface area contributed by atoms with E-state index in [0.717, 1.165) is 16.9 Å². The van der Waals surface area contributed by atoms with Crippen molar-refractivity contribution in [1.29, 1.82) is 0 Å². The molecule has 0 aromatic heterocycles. The van der Waals surface area contributed by atoms with Gasteiger partial charge in [-0.15, -0.1) is 0 Å². The van der Waals surface area contributed by atoms with Crippen LogP contribution in [0.1, 0.15) is 25.0 Å². The lowest BCUT2D eigenvalue weighted by atomic mass is 9.96. The summed E-state index contributed by atoms with van der Waals surface area (Å²) in [6.45, 7) is 5.54. The Labute approximate surface area is 132 Å². The van der Waals surface area contributed by atoms with Crippen LogP contribution in [0.2, 0.25) is 0 Å². The van der Waals surface area contributed by atoms with Gasteiger partial charge in [-0.2, -0.15) is 0 Å². The van der Waals surface area contributed by atoms with Crippen molar-refractivity contribution in [2.24, 2.45) is 0 Å². The zero-order valence-corrected chi connectivity index (χ0v) is 14.1. The number of sulfonamides is 1. The maximum absolute atomic E-state index is 12.6. The number of hydrogen-bond donors (Lipinski definition) is 1. The van der Waals surface area contributed by atoms with Crippen LogP contribution in [0.15, 0.2) is 53.4 Å². The van der Waals surface area contributed by atoms with Crippen LogP contribution in [0.4, 0.5) is 0 Å². The van der Waals surface area contributed by atoms with Gasteiger partial charge >= 0.3 is 0 Å². The zero-order chi connectivity index (χ0) is 16.4. The lowest BCUT2D eigenvalue weighted by Crippen LogP contribution is -2.40. The largest absolute Gasteiger partial charge is 0.497 e. The molecule has 2 rings (SSSR count). The van der Waals surface area contributed by atoms with Gasteiger partial charge in [0.1, 0.15) is 5.75 Å². The second kappa shape index (κ2) is 6.10. The van der Waals surface area contributed by atoms with Gasteiger partial charge in [-0.05, 0) is 56.2 Å². The van der Waals surface area contributed by atoms with Crippen molar-refractivity contribution >= 4 is 10.0 Å². The van der Waals surface area contributed by atoms with Gasteiger partial charge in [0, 0.05) is 0 Å².